The number of para-hydroxylation sites is 1. The first-order valence-electron chi connectivity index (χ1n) is 5.35. The van der Waals surface area contributed by atoms with Crippen LogP contribution in [-0.2, 0) is 9.47 Å². The Hall–Kier alpha value is -0.770. The van der Waals surface area contributed by atoms with Gasteiger partial charge >= 0.3 is 5.25 Å². The zero-order chi connectivity index (χ0) is 11.9. The Balaban J connectivity index is 2.62. The molecule has 0 saturated carbocycles. The van der Waals surface area contributed by atoms with E-state index in [2.05, 4.69) is 0 Å². The van der Waals surface area contributed by atoms with Crippen LogP contribution < -0.4 is 4.74 Å². The van der Waals surface area contributed by atoms with Crippen molar-refractivity contribution < 1.29 is 14.2 Å². The molecule has 0 fully saturated rings. The topological polar surface area (TPSA) is 27.7 Å². The Labute approximate surface area is 101 Å². The van der Waals surface area contributed by atoms with E-state index in [-0.39, 0.29) is 6.61 Å². The maximum atomic E-state index is 6.18. The Bertz CT molecular complexity index is 292. The molecule has 16 heavy (non-hydrogen) atoms. The van der Waals surface area contributed by atoms with Crippen LogP contribution in [-0.4, -0.2) is 25.1 Å². The fraction of sp³-hybridized carbons (Fsp3) is 0.500. The molecule has 90 valence electrons. The molecule has 0 bridgehead atoms. The summed E-state index contributed by atoms with van der Waals surface area (Å²) in [7, 11) is 0. The highest BCUT2D eigenvalue weighted by Gasteiger charge is 2.30. The van der Waals surface area contributed by atoms with Crippen molar-refractivity contribution >= 4 is 11.6 Å². The Kier molecular flexibility index (Phi) is 5.60. The third-order valence-electron chi connectivity index (χ3n) is 1.85. The summed E-state index contributed by atoms with van der Waals surface area (Å²) in [5.41, 5.74) is 0. The molecule has 1 atom stereocenters. The van der Waals surface area contributed by atoms with Crippen LogP contribution >= 0.6 is 11.6 Å². The second-order valence-corrected chi connectivity index (χ2v) is 3.72. The van der Waals surface area contributed by atoms with Crippen molar-refractivity contribution in [1.82, 2.24) is 0 Å². The summed E-state index contributed by atoms with van der Waals surface area (Å²) in [6.45, 7) is 4.97. The van der Waals surface area contributed by atoms with E-state index in [1.807, 2.05) is 44.2 Å². The van der Waals surface area contributed by atoms with Gasteiger partial charge in [0.05, 0.1) is 0 Å². The van der Waals surface area contributed by atoms with E-state index >= 15 is 0 Å². The lowest BCUT2D eigenvalue weighted by Gasteiger charge is -2.27. The predicted octanol–water partition coefficient (Wildman–Crippen LogP) is 3.03. The maximum absolute atomic E-state index is 6.18. The molecule has 0 radical (unpaired) electrons. The predicted molar refractivity (Wildman–Crippen MR) is 63.8 cm³/mol. The van der Waals surface area contributed by atoms with Gasteiger partial charge in [0, 0.05) is 13.2 Å². The second-order valence-electron chi connectivity index (χ2n) is 3.15. The molecule has 1 unspecified atom stereocenters. The van der Waals surface area contributed by atoms with Crippen LogP contribution in [0.4, 0.5) is 0 Å². The van der Waals surface area contributed by atoms with Gasteiger partial charge in [0.15, 0.2) is 0 Å². The van der Waals surface area contributed by atoms with Crippen molar-refractivity contribution in [2.45, 2.75) is 19.1 Å². The van der Waals surface area contributed by atoms with Gasteiger partial charge in [-0.25, -0.2) is 0 Å². The largest absolute Gasteiger partial charge is 0.447 e. The van der Waals surface area contributed by atoms with Crippen LogP contribution in [0.3, 0.4) is 0 Å². The number of rotatable bonds is 7. The van der Waals surface area contributed by atoms with E-state index in [4.69, 9.17) is 25.8 Å². The van der Waals surface area contributed by atoms with Gasteiger partial charge in [-0.05, 0) is 37.6 Å². The molecule has 0 heterocycles. The first-order chi connectivity index (χ1) is 7.70. The van der Waals surface area contributed by atoms with E-state index in [0.717, 1.165) is 0 Å². The molecule has 0 spiro atoms. The summed E-state index contributed by atoms with van der Waals surface area (Å²) >= 11 is 6.18. The minimum absolute atomic E-state index is 0.188. The standard InChI is InChI=1S/C12H17ClO3/c1-3-14-10-12(13,15-4-2)16-11-8-6-5-7-9-11/h5-9H,3-4,10H2,1-2H3. The third-order valence-corrected chi connectivity index (χ3v) is 2.15. The van der Waals surface area contributed by atoms with Gasteiger partial charge in [0.25, 0.3) is 0 Å². The van der Waals surface area contributed by atoms with Crippen LogP contribution in [0, 0.1) is 0 Å². The number of hydrogen-bond donors (Lipinski definition) is 0. The van der Waals surface area contributed by atoms with Crippen molar-refractivity contribution in [2.75, 3.05) is 19.8 Å². The molecule has 0 amide bonds. The highest BCUT2D eigenvalue weighted by atomic mass is 35.5. The molecule has 0 aliphatic rings. The molecule has 4 heteroatoms. The van der Waals surface area contributed by atoms with Gasteiger partial charge in [-0.1, -0.05) is 18.2 Å². The van der Waals surface area contributed by atoms with Crippen LogP contribution in [0.2, 0.25) is 0 Å². The summed E-state index contributed by atoms with van der Waals surface area (Å²) < 4.78 is 16.2. The minimum atomic E-state index is -1.24. The average molecular weight is 245 g/mol. The van der Waals surface area contributed by atoms with Crippen molar-refractivity contribution in [3.63, 3.8) is 0 Å². The van der Waals surface area contributed by atoms with Gasteiger partial charge in [-0.2, -0.15) is 0 Å². The van der Waals surface area contributed by atoms with Crippen molar-refractivity contribution in [1.29, 1.82) is 0 Å². The van der Waals surface area contributed by atoms with E-state index < -0.39 is 5.25 Å². The van der Waals surface area contributed by atoms with Crippen LogP contribution in [0.15, 0.2) is 30.3 Å². The van der Waals surface area contributed by atoms with Gasteiger partial charge in [0.1, 0.15) is 12.4 Å². The molecular weight excluding hydrogens is 228 g/mol. The molecule has 0 saturated heterocycles. The first-order valence-corrected chi connectivity index (χ1v) is 5.72. The SMILES string of the molecule is CCOCC(Cl)(OCC)Oc1ccccc1. The summed E-state index contributed by atoms with van der Waals surface area (Å²) in [5, 5.41) is -1.24. The highest BCUT2D eigenvalue weighted by molar-refractivity contribution is 6.22. The molecule has 1 aromatic rings. The van der Waals surface area contributed by atoms with E-state index in [9.17, 15) is 0 Å². The summed E-state index contributed by atoms with van der Waals surface area (Å²) in [5.74, 6) is 0.658. The Morgan fingerprint density at radius 2 is 1.81 bits per heavy atom. The molecule has 0 aliphatic heterocycles. The van der Waals surface area contributed by atoms with Crippen molar-refractivity contribution in [2.24, 2.45) is 0 Å². The lowest BCUT2D eigenvalue weighted by Crippen LogP contribution is -2.38. The quantitative estimate of drug-likeness (QED) is 0.545. The van der Waals surface area contributed by atoms with Crippen molar-refractivity contribution in [3.05, 3.63) is 30.3 Å². The van der Waals surface area contributed by atoms with Crippen LogP contribution in [0.25, 0.3) is 0 Å². The first kappa shape index (κ1) is 13.3. The molecule has 3 nitrogen and oxygen atoms in total. The third kappa shape index (κ3) is 4.39. The number of alkyl halides is 1. The second kappa shape index (κ2) is 6.74. The Morgan fingerprint density at radius 3 is 2.38 bits per heavy atom. The maximum Gasteiger partial charge on any atom is 0.314 e. The molecular formula is C12H17ClO3. The number of hydrogen-bond acceptors (Lipinski definition) is 3. The molecule has 0 aromatic heterocycles. The van der Waals surface area contributed by atoms with E-state index in [1.54, 1.807) is 0 Å². The smallest absolute Gasteiger partial charge is 0.314 e. The molecule has 1 rings (SSSR count). The van der Waals surface area contributed by atoms with E-state index in [0.29, 0.717) is 19.0 Å². The number of ether oxygens (including phenoxy) is 3. The molecule has 1 aromatic carbocycles. The van der Waals surface area contributed by atoms with Gasteiger partial charge in [-0.15, -0.1) is 0 Å². The minimum Gasteiger partial charge on any atom is -0.447 e. The fourth-order valence-electron chi connectivity index (χ4n) is 1.20. The monoisotopic (exact) mass is 244 g/mol. The lowest BCUT2D eigenvalue weighted by molar-refractivity contribution is -0.151. The summed E-state index contributed by atoms with van der Waals surface area (Å²) in [6.07, 6.45) is 0. The summed E-state index contributed by atoms with van der Waals surface area (Å²) in [4.78, 5) is 0. The highest BCUT2D eigenvalue weighted by Crippen LogP contribution is 2.23. The number of halogens is 1. The normalized spacial score (nSPS) is 14.4. The lowest BCUT2D eigenvalue weighted by atomic mass is 10.3. The van der Waals surface area contributed by atoms with Crippen LogP contribution in [0.5, 0.6) is 5.75 Å². The fourth-order valence-corrected chi connectivity index (χ4v) is 1.48. The Morgan fingerprint density at radius 1 is 1.12 bits per heavy atom. The zero-order valence-electron chi connectivity index (χ0n) is 9.61. The number of benzene rings is 1. The van der Waals surface area contributed by atoms with Gasteiger partial charge < -0.3 is 14.2 Å². The molecule has 0 N–H and O–H groups in total. The zero-order valence-corrected chi connectivity index (χ0v) is 10.4. The van der Waals surface area contributed by atoms with E-state index in [1.165, 1.54) is 0 Å². The summed E-state index contributed by atoms with van der Waals surface area (Å²) in [6, 6.07) is 9.30. The van der Waals surface area contributed by atoms with Gasteiger partial charge in [-0.3, -0.25) is 0 Å². The van der Waals surface area contributed by atoms with Crippen molar-refractivity contribution in [3.8, 4) is 5.75 Å². The molecule has 0 aliphatic carbocycles. The average Bonchev–Trinajstić information content (AvgIpc) is 2.28. The van der Waals surface area contributed by atoms with Crippen LogP contribution in [0.1, 0.15) is 13.8 Å². The van der Waals surface area contributed by atoms with Gasteiger partial charge in [0.2, 0.25) is 0 Å².